The maximum atomic E-state index is 14.6. The van der Waals surface area contributed by atoms with Crippen LogP contribution in [0.3, 0.4) is 0 Å². The third-order valence-electron chi connectivity index (χ3n) is 12.1. The van der Waals surface area contributed by atoms with Gasteiger partial charge in [0.15, 0.2) is 5.82 Å². The van der Waals surface area contributed by atoms with Gasteiger partial charge in [-0.05, 0) is 87.8 Å². The van der Waals surface area contributed by atoms with Crippen molar-refractivity contribution in [1.29, 1.82) is 0 Å². The van der Waals surface area contributed by atoms with Crippen LogP contribution in [0.25, 0.3) is 10.9 Å². The van der Waals surface area contributed by atoms with Gasteiger partial charge in [-0.2, -0.15) is 0 Å². The van der Waals surface area contributed by atoms with Gasteiger partial charge in [-0.15, -0.1) is 0 Å². The summed E-state index contributed by atoms with van der Waals surface area (Å²) in [4.78, 5) is 19.6. The molecule has 1 aromatic heterocycles. The van der Waals surface area contributed by atoms with Gasteiger partial charge in [0.1, 0.15) is 6.10 Å². The minimum absolute atomic E-state index is 0.153. The molecule has 15 nitrogen and oxygen atoms in total. The van der Waals surface area contributed by atoms with Gasteiger partial charge in [0, 0.05) is 0 Å². The largest absolute Gasteiger partial charge is 0.391 e. The normalized spacial score (nSPS) is 16.9. The molecule has 0 aliphatic rings. The Kier molecular flexibility index (Phi) is 34.9. The second-order valence-corrected chi connectivity index (χ2v) is 20.2. The summed E-state index contributed by atoms with van der Waals surface area (Å²) in [6.45, 7) is 24.5. The van der Waals surface area contributed by atoms with E-state index in [2.05, 4.69) is 6.92 Å². The van der Waals surface area contributed by atoms with E-state index < -0.39 is 18.3 Å². The molecule has 0 bridgehead atoms. The molecule has 0 fully saturated rings. The molecule has 11 atom stereocenters. The maximum absolute atomic E-state index is 14.6. The third-order valence-corrected chi connectivity index (χ3v) is 12.1. The fourth-order valence-electron chi connectivity index (χ4n) is 7.92. The summed E-state index contributed by atoms with van der Waals surface area (Å²) >= 11 is 0. The molecule has 1 heterocycles. The molecular formula is C55H101N3O12. The van der Waals surface area contributed by atoms with Crippen molar-refractivity contribution in [1.82, 2.24) is 9.66 Å². The third kappa shape index (κ3) is 29.4. The lowest BCUT2D eigenvalue weighted by molar-refractivity contribution is -0.0920. The zero-order chi connectivity index (χ0) is 51.7. The first-order chi connectivity index (χ1) is 33.5. The molecule has 408 valence electrons. The molecule has 3 N–H and O–H groups in total. The zero-order valence-electron chi connectivity index (χ0n) is 45.7. The lowest BCUT2D eigenvalue weighted by Gasteiger charge is -2.34. The average Bonchev–Trinajstić information content (AvgIpc) is 3.33. The maximum Gasteiger partial charge on any atom is 0.280 e. The standard InChI is InChI=1S/C55H101N3O12/c1-12-13-14-15-16-17-18-19-20-21-22-23-24-25-30-53(61)54-56-52-29-27-26-28-51(52)55(62)58(54)57(31-43(4)65-35-47(8)69-39-49(10)67-37-45(6)63-33-41(2)59)32-44(5)66-36-48(9)70-40-50(11)68-38-46(7)64-34-42(3)60/h26-29,41-50,53,59-61H,12-25,30-40H2,1-11H3. The van der Waals surface area contributed by atoms with Gasteiger partial charge in [0.25, 0.3) is 5.56 Å². The average molecular weight is 996 g/mol. The Morgan fingerprint density at radius 3 is 1.17 bits per heavy atom. The van der Waals surface area contributed by atoms with Gasteiger partial charge >= 0.3 is 0 Å². The first kappa shape index (κ1) is 63.8. The second kappa shape index (κ2) is 38.3. The number of ether oxygens (including phenoxy) is 8. The van der Waals surface area contributed by atoms with Crippen LogP contribution in [0, 0.1) is 0 Å². The number of fused-ring (bicyclic) bond motifs is 1. The fourth-order valence-corrected chi connectivity index (χ4v) is 7.92. The van der Waals surface area contributed by atoms with Crippen molar-refractivity contribution in [3.63, 3.8) is 0 Å². The van der Waals surface area contributed by atoms with E-state index in [0.29, 0.717) is 75.9 Å². The number of nitrogens with zero attached hydrogens (tertiary/aromatic N) is 3. The van der Waals surface area contributed by atoms with E-state index in [1.54, 1.807) is 24.6 Å². The van der Waals surface area contributed by atoms with Crippen LogP contribution in [-0.2, 0) is 37.9 Å². The molecule has 0 radical (unpaired) electrons. The molecule has 2 aromatic rings. The predicted molar refractivity (Wildman–Crippen MR) is 281 cm³/mol. The Hall–Kier alpha value is -2.28. The molecule has 0 saturated carbocycles. The van der Waals surface area contributed by atoms with Gasteiger partial charge in [-0.25, -0.2) is 9.66 Å². The monoisotopic (exact) mass is 996 g/mol. The lowest BCUT2D eigenvalue weighted by Crippen LogP contribution is -2.51. The van der Waals surface area contributed by atoms with E-state index in [9.17, 15) is 20.1 Å². The van der Waals surface area contributed by atoms with Gasteiger partial charge < -0.3 is 58.2 Å². The number of rotatable bonds is 45. The van der Waals surface area contributed by atoms with Crippen LogP contribution in [0.2, 0.25) is 0 Å². The van der Waals surface area contributed by atoms with Crippen LogP contribution in [0.5, 0.6) is 0 Å². The van der Waals surface area contributed by atoms with E-state index in [4.69, 9.17) is 42.9 Å². The van der Waals surface area contributed by atoms with E-state index in [1.807, 2.05) is 78.6 Å². The highest BCUT2D eigenvalue weighted by atomic mass is 16.6. The minimum Gasteiger partial charge on any atom is -0.391 e. The number of benzene rings is 1. The summed E-state index contributed by atoms with van der Waals surface area (Å²) in [5, 5.41) is 33.3. The first-order valence-electron chi connectivity index (χ1n) is 27.2. The molecule has 0 aliphatic heterocycles. The topological polar surface area (TPSA) is 173 Å². The SMILES string of the molecule is CCCCCCCCCCCCCCCCC(O)c1nc2ccccc2c(=O)n1N(CC(C)OCC(C)OCC(C)OCC(C)OCC(C)O)CC(C)OCC(C)OCC(C)OCC(C)OCC(C)O. The molecular weight excluding hydrogens is 895 g/mol. The zero-order valence-corrected chi connectivity index (χ0v) is 45.7. The van der Waals surface area contributed by atoms with Crippen LogP contribution < -0.4 is 10.6 Å². The fraction of sp³-hybridized carbons (Fsp3) is 0.855. The number of hydrogen-bond donors (Lipinski definition) is 3. The molecule has 0 saturated heterocycles. The van der Waals surface area contributed by atoms with E-state index >= 15 is 0 Å². The van der Waals surface area contributed by atoms with Crippen molar-refractivity contribution >= 4 is 10.9 Å². The highest BCUT2D eigenvalue weighted by molar-refractivity contribution is 5.77. The highest BCUT2D eigenvalue weighted by Gasteiger charge is 2.26. The Morgan fingerprint density at radius 1 is 0.471 bits per heavy atom. The summed E-state index contributed by atoms with van der Waals surface area (Å²) < 4.78 is 49.5. The predicted octanol–water partition coefficient (Wildman–Crippen LogP) is 9.24. The van der Waals surface area contributed by atoms with Crippen molar-refractivity contribution in [3.05, 3.63) is 40.4 Å². The molecule has 1 aromatic carbocycles. The molecule has 2 rings (SSSR count). The number of hydrogen-bond acceptors (Lipinski definition) is 14. The number of aliphatic hydroxyl groups is 3. The van der Waals surface area contributed by atoms with Crippen LogP contribution >= 0.6 is 0 Å². The van der Waals surface area contributed by atoms with Gasteiger partial charge in [0.2, 0.25) is 0 Å². The summed E-state index contributed by atoms with van der Waals surface area (Å²) in [6.07, 6.45) is 14.1. The number of unbranched alkanes of at least 4 members (excludes halogenated alkanes) is 13. The van der Waals surface area contributed by atoms with Gasteiger partial charge in [-0.3, -0.25) is 4.79 Å². The van der Waals surface area contributed by atoms with Crippen molar-refractivity contribution in [2.45, 2.75) is 240 Å². The first-order valence-corrected chi connectivity index (χ1v) is 27.2. The lowest BCUT2D eigenvalue weighted by atomic mass is 10.0. The summed E-state index contributed by atoms with van der Waals surface area (Å²) in [5.74, 6) is 0.311. The summed E-state index contributed by atoms with van der Waals surface area (Å²) in [6, 6.07) is 7.30. The van der Waals surface area contributed by atoms with Crippen molar-refractivity contribution < 1.29 is 53.2 Å². The Bertz CT molecular complexity index is 1580. The van der Waals surface area contributed by atoms with Crippen LogP contribution in [0.15, 0.2) is 29.1 Å². The van der Waals surface area contributed by atoms with E-state index in [1.165, 1.54) is 70.6 Å². The van der Waals surface area contributed by atoms with E-state index in [0.717, 1.165) is 19.3 Å². The Labute approximate surface area is 423 Å². The molecule has 0 amide bonds. The van der Waals surface area contributed by atoms with Crippen LogP contribution in [0.4, 0.5) is 0 Å². The molecule has 0 aliphatic carbocycles. The molecule has 0 spiro atoms. The number of aliphatic hydroxyl groups excluding tert-OH is 3. The number of aromatic nitrogens is 2. The van der Waals surface area contributed by atoms with Crippen LogP contribution in [0.1, 0.15) is 184 Å². The quantitative estimate of drug-likeness (QED) is 0.0536. The Morgan fingerprint density at radius 2 is 0.800 bits per heavy atom. The highest BCUT2D eigenvalue weighted by Crippen LogP contribution is 2.22. The Balaban J connectivity index is 2.13. The smallest absolute Gasteiger partial charge is 0.280 e. The molecule has 15 heteroatoms. The van der Waals surface area contributed by atoms with Crippen LogP contribution in [-0.4, -0.2) is 152 Å². The summed E-state index contributed by atoms with van der Waals surface area (Å²) in [7, 11) is 0. The summed E-state index contributed by atoms with van der Waals surface area (Å²) in [5.41, 5.74) is 0.289. The number of para-hydroxylation sites is 1. The van der Waals surface area contributed by atoms with Crippen molar-refractivity contribution in [3.8, 4) is 0 Å². The second-order valence-electron chi connectivity index (χ2n) is 20.2. The van der Waals surface area contributed by atoms with Gasteiger partial charge in [0.05, 0.1) is 138 Å². The van der Waals surface area contributed by atoms with Crippen molar-refractivity contribution in [2.24, 2.45) is 0 Å². The van der Waals surface area contributed by atoms with Gasteiger partial charge in [-0.1, -0.05) is 109 Å². The minimum atomic E-state index is -0.958. The van der Waals surface area contributed by atoms with Crippen molar-refractivity contribution in [2.75, 3.05) is 71.0 Å². The van der Waals surface area contributed by atoms with E-state index in [-0.39, 0.29) is 67.6 Å². The molecule has 70 heavy (non-hydrogen) atoms. The molecule has 11 unspecified atom stereocenters.